The van der Waals surface area contributed by atoms with Gasteiger partial charge in [0.05, 0.1) is 4.99 Å². The fraction of sp³-hybridized carbons (Fsp3) is 0.0690. The SMILES string of the molecule is CC(=S)Nc1ccc2ccccc2c1-c1c(NCc2ccccc2)ccc2ccccc12. The predicted octanol–water partition coefficient (Wildman–Crippen LogP) is 8.03. The molecule has 0 saturated carbocycles. The van der Waals surface area contributed by atoms with Gasteiger partial charge in [-0.05, 0) is 46.2 Å². The van der Waals surface area contributed by atoms with E-state index in [1.807, 2.05) is 13.0 Å². The molecule has 156 valence electrons. The highest BCUT2D eigenvalue weighted by atomic mass is 32.1. The summed E-state index contributed by atoms with van der Waals surface area (Å²) in [6.07, 6.45) is 0. The maximum absolute atomic E-state index is 5.43. The van der Waals surface area contributed by atoms with Gasteiger partial charge in [-0.25, -0.2) is 0 Å². The molecule has 0 spiro atoms. The number of rotatable bonds is 5. The highest BCUT2D eigenvalue weighted by Gasteiger charge is 2.17. The van der Waals surface area contributed by atoms with E-state index < -0.39 is 0 Å². The average Bonchev–Trinajstić information content (AvgIpc) is 2.83. The van der Waals surface area contributed by atoms with E-state index in [0.717, 1.165) is 22.9 Å². The Morgan fingerprint density at radius 1 is 0.625 bits per heavy atom. The van der Waals surface area contributed by atoms with Crippen molar-refractivity contribution < 1.29 is 0 Å². The van der Waals surface area contributed by atoms with Crippen LogP contribution in [-0.4, -0.2) is 4.99 Å². The van der Waals surface area contributed by atoms with E-state index in [4.69, 9.17) is 12.2 Å². The van der Waals surface area contributed by atoms with Gasteiger partial charge in [0.2, 0.25) is 0 Å². The molecule has 5 aromatic rings. The second kappa shape index (κ2) is 8.81. The molecule has 0 aromatic heterocycles. The molecule has 0 bridgehead atoms. The van der Waals surface area contributed by atoms with Crippen molar-refractivity contribution in [2.75, 3.05) is 10.6 Å². The molecular weight excluding hydrogens is 408 g/mol. The van der Waals surface area contributed by atoms with Gasteiger partial charge in [-0.2, -0.15) is 0 Å². The first-order valence-corrected chi connectivity index (χ1v) is 11.2. The molecule has 32 heavy (non-hydrogen) atoms. The molecule has 0 atom stereocenters. The number of nitrogens with one attached hydrogen (secondary N) is 2. The third-order valence-corrected chi connectivity index (χ3v) is 5.85. The zero-order valence-corrected chi connectivity index (χ0v) is 18.7. The van der Waals surface area contributed by atoms with E-state index in [1.54, 1.807) is 0 Å². The Bertz CT molecular complexity index is 1420. The standard InChI is InChI=1S/C29H24N2S/c1-20(32)31-27-18-16-23-12-6-8-14-25(23)29(27)28-24-13-7-5-11-22(24)15-17-26(28)30-19-21-9-3-2-4-10-21/h2-18,30H,19H2,1H3,(H,31,32). The average molecular weight is 433 g/mol. The number of anilines is 2. The van der Waals surface area contributed by atoms with Crippen LogP contribution in [0, 0.1) is 0 Å². The fourth-order valence-electron chi connectivity index (χ4n) is 4.32. The van der Waals surface area contributed by atoms with Gasteiger partial charge in [-0.15, -0.1) is 0 Å². The summed E-state index contributed by atoms with van der Waals surface area (Å²) in [6, 6.07) is 36.3. The number of hydrogen-bond acceptors (Lipinski definition) is 2. The van der Waals surface area contributed by atoms with Crippen molar-refractivity contribution in [3.63, 3.8) is 0 Å². The van der Waals surface area contributed by atoms with E-state index in [0.29, 0.717) is 0 Å². The predicted molar refractivity (Wildman–Crippen MR) is 143 cm³/mol. The first-order chi connectivity index (χ1) is 15.7. The molecule has 3 heteroatoms. The summed E-state index contributed by atoms with van der Waals surface area (Å²) in [6.45, 7) is 2.68. The molecular formula is C29H24N2S. The number of benzene rings is 5. The van der Waals surface area contributed by atoms with Crippen LogP contribution in [0.3, 0.4) is 0 Å². The van der Waals surface area contributed by atoms with E-state index in [-0.39, 0.29) is 0 Å². The molecule has 0 unspecified atom stereocenters. The third-order valence-electron chi connectivity index (χ3n) is 5.74. The van der Waals surface area contributed by atoms with Crippen LogP contribution in [0.25, 0.3) is 32.7 Å². The zero-order valence-electron chi connectivity index (χ0n) is 17.9. The Morgan fingerprint density at radius 2 is 1.16 bits per heavy atom. The Labute approximate surface area is 193 Å². The van der Waals surface area contributed by atoms with Crippen LogP contribution in [-0.2, 0) is 6.54 Å². The lowest BCUT2D eigenvalue weighted by Crippen LogP contribution is -2.07. The molecule has 0 saturated heterocycles. The Hall–Kier alpha value is -3.69. The van der Waals surface area contributed by atoms with Crippen LogP contribution >= 0.6 is 12.2 Å². The normalized spacial score (nSPS) is 10.9. The first kappa shape index (κ1) is 20.2. The second-order valence-corrected chi connectivity index (χ2v) is 8.55. The van der Waals surface area contributed by atoms with Crippen LogP contribution in [0.1, 0.15) is 12.5 Å². The van der Waals surface area contributed by atoms with Gasteiger partial charge in [0.1, 0.15) is 0 Å². The summed E-state index contributed by atoms with van der Waals surface area (Å²) in [5.41, 5.74) is 5.73. The molecule has 0 radical (unpaired) electrons. The molecule has 5 aromatic carbocycles. The van der Waals surface area contributed by atoms with Gasteiger partial charge in [0, 0.05) is 29.0 Å². The third kappa shape index (κ3) is 3.95. The van der Waals surface area contributed by atoms with Crippen LogP contribution < -0.4 is 10.6 Å². The van der Waals surface area contributed by atoms with E-state index >= 15 is 0 Å². The lowest BCUT2D eigenvalue weighted by atomic mass is 9.91. The molecule has 2 nitrogen and oxygen atoms in total. The van der Waals surface area contributed by atoms with E-state index in [1.165, 1.54) is 38.2 Å². The molecule has 0 amide bonds. The Kier molecular flexibility index (Phi) is 5.57. The highest BCUT2D eigenvalue weighted by molar-refractivity contribution is 7.80. The smallest absolute Gasteiger partial charge is 0.0765 e. The van der Waals surface area contributed by atoms with Gasteiger partial charge in [-0.1, -0.05) is 103 Å². The van der Waals surface area contributed by atoms with Gasteiger partial charge in [0.15, 0.2) is 0 Å². The van der Waals surface area contributed by atoms with Crippen LogP contribution in [0.4, 0.5) is 11.4 Å². The lowest BCUT2D eigenvalue weighted by molar-refractivity contribution is 1.15. The number of thiocarbonyl (C=S) groups is 1. The van der Waals surface area contributed by atoms with E-state index in [2.05, 4.69) is 108 Å². The topological polar surface area (TPSA) is 24.1 Å². The summed E-state index contributed by atoms with van der Waals surface area (Å²) >= 11 is 5.43. The minimum atomic E-state index is 0.751. The van der Waals surface area contributed by atoms with Crippen LogP contribution in [0.15, 0.2) is 103 Å². The number of hydrogen-bond donors (Lipinski definition) is 2. The molecule has 2 N–H and O–H groups in total. The van der Waals surface area contributed by atoms with Gasteiger partial charge in [-0.3, -0.25) is 0 Å². The Balaban J connectivity index is 1.77. The summed E-state index contributed by atoms with van der Waals surface area (Å²) < 4.78 is 0. The fourth-order valence-corrected chi connectivity index (χ4v) is 4.43. The summed E-state index contributed by atoms with van der Waals surface area (Å²) in [7, 11) is 0. The minimum Gasteiger partial charge on any atom is -0.380 e. The molecule has 0 aliphatic heterocycles. The summed E-state index contributed by atoms with van der Waals surface area (Å²) in [5, 5.41) is 12.0. The van der Waals surface area contributed by atoms with Gasteiger partial charge >= 0.3 is 0 Å². The van der Waals surface area contributed by atoms with E-state index in [9.17, 15) is 0 Å². The largest absolute Gasteiger partial charge is 0.380 e. The zero-order chi connectivity index (χ0) is 21.9. The van der Waals surface area contributed by atoms with Crippen LogP contribution in [0.5, 0.6) is 0 Å². The maximum atomic E-state index is 5.43. The molecule has 5 rings (SSSR count). The molecule has 0 heterocycles. The molecule has 0 aliphatic rings. The maximum Gasteiger partial charge on any atom is 0.0765 e. The van der Waals surface area contributed by atoms with Gasteiger partial charge < -0.3 is 10.6 Å². The second-order valence-electron chi connectivity index (χ2n) is 7.94. The van der Waals surface area contributed by atoms with Crippen LogP contribution in [0.2, 0.25) is 0 Å². The van der Waals surface area contributed by atoms with Crippen molar-refractivity contribution in [1.29, 1.82) is 0 Å². The summed E-state index contributed by atoms with van der Waals surface area (Å²) in [5.74, 6) is 0. The van der Waals surface area contributed by atoms with Crippen molar-refractivity contribution in [3.8, 4) is 11.1 Å². The Morgan fingerprint density at radius 3 is 1.78 bits per heavy atom. The molecule has 0 aliphatic carbocycles. The minimum absolute atomic E-state index is 0.751. The molecule has 0 fully saturated rings. The van der Waals surface area contributed by atoms with Crippen molar-refractivity contribution in [3.05, 3.63) is 109 Å². The summed E-state index contributed by atoms with van der Waals surface area (Å²) in [4.78, 5) is 0.751. The van der Waals surface area contributed by atoms with Crippen molar-refractivity contribution in [1.82, 2.24) is 0 Å². The van der Waals surface area contributed by atoms with Crippen molar-refractivity contribution >= 4 is 50.1 Å². The lowest BCUT2D eigenvalue weighted by Gasteiger charge is -2.20. The quantitative estimate of drug-likeness (QED) is 0.275. The highest BCUT2D eigenvalue weighted by Crippen LogP contribution is 2.43. The first-order valence-electron chi connectivity index (χ1n) is 10.8. The van der Waals surface area contributed by atoms with Crippen molar-refractivity contribution in [2.45, 2.75) is 13.5 Å². The van der Waals surface area contributed by atoms with Gasteiger partial charge in [0.25, 0.3) is 0 Å². The van der Waals surface area contributed by atoms with Crippen molar-refractivity contribution in [2.24, 2.45) is 0 Å². The number of fused-ring (bicyclic) bond motifs is 2. The monoisotopic (exact) mass is 432 g/mol.